The number of alkyl halides is 3. The van der Waals surface area contributed by atoms with Gasteiger partial charge in [0.05, 0.1) is 16.8 Å². The van der Waals surface area contributed by atoms with Crippen LogP contribution in [0.4, 0.5) is 27.6 Å². The van der Waals surface area contributed by atoms with Gasteiger partial charge in [-0.1, -0.05) is 0 Å². The molecule has 0 bridgehead atoms. The van der Waals surface area contributed by atoms with Crippen molar-refractivity contribution in [2.75, 3.05) is 24.5 Å². The fourth-order valence-corrected chi connectivity index (χ4v) is 4.18. The molecule has 2 aliphatic rings. The number of benzene rings is 1. The normalized spacial score (nSPS) is 21.4. The Morgan fingerprint density at radius 3 is 2.35 bits per heavy atom. The van der Waals surface area contributed by atoms with Crippen molar-refractivity contribution >= 4 is 35.0 Å². The lowest BCUT2D eigenvalue weighted by Gasteiger charge is -2.23. The lowest BCUT2D eigenvalue weighted by Crippen LogP contribution is -2.33. The van der Waals surface area contributed by atoms with Crippen molar-refractivity contribution in [3.63, 3.8) is 0 Å². The van der Waals surface area contributed by atoms with E-state index in [0.29, 0.717) is 18.9 Å². The summed E-state index contributed by atoms with van der Waals surface area (Å²) in [6.07, 6.45) is -2.34. The van der Waals surface area contributed by atoms with Gasteiger partial charge in [0.2, 0.25) is 5.43 Å². The minimum atomic E-state index is -4.57. The van der Waals surface area contributed by atoms with Gasteiger partial charge >= 0.3 is 12.1 Å². The molecule has 3 N–H and O–H groups in total. The van der Waals surface area contributed by atoms with E-state index in [2.05, 4.69) is 0 Å². The Balaban J connectivity index is 0.00000272. The van der Waals surface area contributed by atoms with E-state index in [0.717, 1.165) is 11.1 Å². The molecule has 1 aliphatic heterocycles. The zero-order chi connectivity index (χ0) is 22.0. The zero-order valence-corrected chi connectivity index (χ0v) is 16.8. The third-order valence-electron chi connectivity index (χ3n) is 5.83. The quantitative estimate of drug-likeness (QED) is 0.674. The number of nitrogens with two attached hydrogens (primary N) is 1. The Bertz CT molecular complexity index is 1100. The van der Waals surface area contributed by atoms with Gasteiger partial charge in [0, 0.05) is 31.2 Å². The van der Waals surface area contributed by atoms with Gasteiger partial charge in [-0.15, -0.1) is 12.4 Å². The maximum Gasteiger partial charge on any atom is 0.393 e. The molecule has 31 heavy (non-hydrogen) atoms. The molecule has 2 aromatic rings. The van der Waals surface area contributed by atoms with Gasteiger partial charge < -0.3 is 20.3 Å². The number of carboxylic acid groups (broad SMARTS) is 1. The molecule has 0 spiro atoms. The average molecular weight is 468 g/mol. The number of fused-ring (bicyclic) bond motifs is 1. The second kappa shape index (κ2) is 7.94. The summed E-state index contributed by atoms with van der Waals surface area (Å²) in [7, 11) is 0. The van der Waals surface area contributed by atoms with Gasteiger partial charge in [-0.2, -0.15) is 13.2 Å². The van der Waals surface area contributed by atoms with Gasteiger partial charge in [0.15, 0.2) is 5.82 Å². The summed E-state index contributed by atoms with van der Waals surface area (Å²) in [5, 5.41) is 8.80. The first-order chi connectivity index (χ1) is 14.0. The molecular weight excluding hydrogens is 449 g/mol. The van der Waals surface area contributed by atoms with E-state index >= 15 is 4.39 Å². The number of carbonyl (C=O) groups is 1. The van der Waals surface area contributed by atoms with E-state index in [1.54, 1.807) is 0 Å². The first kappa shape index (κ1) is 23.3. The highest BCUT2D eigenvalue weighted by Crippen LogP contribution is 2.43. The van der Waals surface area contributed by atoms with Gasteiger partial charge in [0.25, 0.3) is 0 Å². The number of nitrogens with zero attached hydrogens (tertiary/aromatic N) is 2. The van der Waals surface area contributed by atoms with Crippen molar-refractivity contribution in [1.82, 2.24) is 4.57 Å². The zero-order valence-electron chi connectivity index (χ0n) is 16.0. The Morgan fingerprint density at radius 2 is 1.87 bits per heavy atom. The van der Waals surface area contributed by atoms with Crippen LogP contribution in [0.3, 0.4) is 0 Å². The number of hydrogen-bond donors (Lipinski definition) is 2. The van der Waals surface area contributed by atoms with Crippen molar-refractivity contribution < 1.29 is 31.9 Å². The number of rotatable bonds is 4. The van der Waals surface area contributed by atoms with E-state index in [1.165, 1.54) is 4.57 Å². The van der Waals surface area contributed by atoms with E-state index in [-0.39, 0.29) is 37.1 Å². The molecule has 2 atom stereocenters. The molecule has 2 fully saturated rings. The van der Waals surface area contributed by atoms with E-state index in [4.69, 9.17) is 5.73 Å². The van der Waals surface area contributed by atoms with Gasteiger partial charge in [-0.05, 0) is 25.5 Å². The van der Waals surface area contributed by atoms with Crippen LogP contribution in [0.2, 0.25) is 0 Å². The van der Waals surface area contributed by atoms with Crippen molar-refractivity contribution in [2.45, 2.75) is 25.1 Å². The van der Waals surface area contributed by atoms with Crippen LogP contribution in [-0.2, 0) is 0 Å². The monoisotopic (exact) mass is 467 g/mol. The summed E-state index contributed by atoms with van der Waals surface area (Å²) in [5.74, 6) is -6.79. The van der Waals surface area contributed by atoms with Gasteiger partial charge in [0.1, 0.15) is 17.1 Å². The lowest BCUT2D eigenvalue weighted by molar-refractivity contribution is -0.178. The van der Waals surface area contributed by atoms with Crippen LogP contribution < -0.4 is 16.1 Å². The summed E-state index contributed by atoms with van der Waals surface area (Å²) < 4.78 is 71.6. The summed E-state index contributed by atoms with van der Waals surface area (Å²) in [6.45, 7) is -1.25. The Hall–Kier alpha value is -2.40. The van der Waals surface area contributed by atoms with Gasteiger partial charge in [-0.25, -0.2) is 13.6 Å². The predicted octanol–water partition coefficient (Wildman–Crippen LogP) is 3.31. The molecular formula is C19H19ClF5N3O3. The molecule has 1 aromatic heterocycles. The first-order valence-corrected chi connectivity index (χ1v) is 9.36. The van der Waals surface area contributed by atoms with Crippen LogP contribution in [-0.4, -0.2) is 41.5 Å². The van der Waals surface area contributed by atoms with Crippen LogP contribution in [0.15, 0.2) is 17.1 Å². The molecule has 1 aliphatic carbocycles. The number of hydrogen-bond acceptors (Lipinski definition) is 4. The molecule has 0 amide bonds. The Labute approximate surface area is 178 Å². The highest BCUT2D eigenvalue weighted by atomic mass is 35.5. The molecule has 4 rings (SSSR count). The fraction of sp³-hybridized carbons (Fsp3) is 0.474. The molecule has 2 heterocycles. The van der Waals surface area contributed by atoms with Gasteiger partial charge in [-0.3, -0.25) is 4.79 Å². The number of anilines is 1. The van der Waals surface area contributed by atoms with Crippen molar-refractivity contribution in [1.29, 1.82) is 0 Å². The highest BCUT2D eigenvalue weighted by Gasteiger charge is 2.50. The van der Waals surface area contributed by atoms with Crippen molar-refractivity contribution in [3.8, 4) is 0 Å². The minimum absolute atomic E-state index is 0. The fourth-order valence-electron chi connectivity index (χ4n) is 4.18. The lowest BCUT2D eigenvalue weighted by atomic mass is 9.96. The first-order valence-electron chi connectivity index (χ1n) is 9.36. The van der Waals surface area contributed by atoms with Crippen LogP contribution in [0.25, 0.3) is 10.9 Å². The SMILES string of the molecule is Cl.NC[C@H]1CN(c2c(F)cc3c(=O)c(C(=O)O)cn(C4CC4)c3c2F)C[C@@H]1C(F)(F)F. The van der Waals surface area contributed by atoms with Crippen molar-refractivity contribution in [2.24, 2.45) is 17.6 Å². The average Bonchev–Trinajstić information content (AvgIpc) is 3.40. The number of aromatic nitrogens is 1. The molecule has 0 unspecified atom stereocenters. The molecule has 12 heteroatoms. The van der Waals surface area contributed by atoms with Crippen LogP contribution in [0.5, 0.6) is 0 Å². The number of aromatic carboxylic acids is 1. The van der Waals surface area contributed by atoms with Crippen LogP contribution in [0, 0.1) is 23.5 Å². The second-order valence-corrected chi connectivity index (χ2v) is 7.78. The summed E-state index contributed by atoms with van der Waals surface area (Å²) in [6, 6.07) is 0.442. The number of pyridine rings is 1. The summed E-state index contributed by atoms with van der Waals surface area (Å²) in [4.78, 5) is 24.8. The highest BCUT2D eigenvalue weighted by molar-refractivity contribution is 5.94. The molecule has 6 nitrogen and oxygen atoms in total. The Kier molecular flexibility index (Phi) is 5.96. The standard InChI is InChI=1S/C19H18F5N3O3.ClH/c20-13-3-10-15(27(9-1-2-9)6-11(17(10)28)18(29)30)14(21)16(13)26-5-8(4-25)12(7-26)19(22,23)24;/h3,6,8-9,12H,1-2,4-5,7,25H2,(H,29,30);1H/t8-,12-;/m0./s1. The third-order valence-corrected chi connectivity index (χ3v) is 5.83. The van der Waals surface area contributed by atoms with Crippen LogP contribution >= 0.6 is 12.4 Å². The smallest absolute Gasteiger partial charge is 0.393 e. The van der Waals surface area contributed by atoms with E-state index in [9.17, 15) is 32.3 Å². The molecule has 170 valence electrons. The largest absolute Gasteiger partial charge is 0.477 e. The van der Waals surface area contributed by atoms with E-state index in [1.807, 2.05) is 0 Å². The molecule has 0 radical (unpaired) electrons. The Morgan fingerprint density at radius 1 is 1.23 bits per heavy atom. The van der Waals surface area contributed by atoms with Crippen molar-refractivity contribution in [3.05, 3.63) is 39.7 Å². The summed E-state index contributed by atoms with van der Waals surface area (Å²) in [5.41, 5.74) is 2.81. The predicted molar refractivity (Wildman–Crippen MR) is 105 cm³/mol. The third kappa shape index (κ3) is 3.84. The topological polar surface area (TPSA) is 88.6 Å². The second-order valence-electron chi connectivity index (χ2n) is 7.78. The number of halogens is 6. The summed E-state index contributed by atoms with van der Waals surface area (Å²) >= 11 is 0. The number of carboxylic acids is 1. The molecule has 1 saturated heterocycles. The maximum atomic E-state index is 15.5. The maximum absolute atomic E-state index is 15.5. The molecule has 1 aromatic carbocycles. The minimum Gasteiger partial charge on any atom is -0.477 e. The van der Waals surface area contributed by atoms with Crippen LogP contribution in [0.1, 0.15) is 29.2 Å². The molecule has 1 saturated carbocycles. The van der Waals surface area contributed by atoms with E-state index < -0.39 is 64.2 Å².